The van der Waals surface area contributed by atoms with E-state index in [1.165, 1.54) is 6.33 Å². The summed E-state index contributed by atoms with van der Waals surface area (Å²) in [4.78, 5) is 16.3. The Morgan fingerprint density at radius 3 is 2.42 bits per heavy atom. The van der Waals surface area contributed by atoms with Crippen molar-refractivity contribution >= 4 is 5.91 Å². The Kier molecular flexibility index (Phi) is 4.46. The molecule has 24 heavy (non-hydrogen) atoms. The van der Waals surface area contributed by atoms with Crippen molar-refractivity contribution in [1.82, 2.24) is 20.1 Å². The van der Waals surface area contributed by atoms with E-state index in [0.717, 1.165) is 22.5 Å². The first-order valence-corrected chi connectivity index (χ1v) is 7.79. The van der Waals surface area contributed by atoms with Gasteiger partial charge in [-0.1, -0.05) is 24.3 Å². The molecule has 0 aliphatic rings. The zero-order valence-corrected chi connectivity index (χ0v) is 14.0. The average Bonchev–Trinajstić information content (AvgIpc) is 3.15. The van der Waals surface area contributed by atoms with Gasteiger partial charge in [0.05, 0.1) is 12.1 Å². The summed E-state index contributed by atoms with van der Waals surface area (Å²) < 4.78 is 7.28. The summed E-state index contributed by atoms with van der Waals surface area (Å²) in [5.74, 6) is 1.34. The van der Waals surface area contributed by atoms with E-state index in [1.54, 1.807) is 11.0 Å². The third-order valence-electron chi connectivity index (χ3n) is 4.08. The fourth-order valence-corrected chi connectivity index (χ4v) is 2.66. The van der Waals surface area contributed by atoms with Gasteiger partial charge in [-0.15, -0.1) is 0 Å². The SMILES string of the molecule is Cc1oc(C)c(C(=O)NCc2ccc(Cn3cncn3)cc2)c1C. The number of nitrogens with zero attached hydrogens (tertiary/aromatic N) is 3. The first kappa shape index (κ1) is 16.0. The van der Waals surface area contributed by atoms with Crippen LogP contribution >= 0.6 is 0 Å². The smallest absolute Gasteiger partial charge is 0.255 e. The predicted molar refractivity (Wildman–Crippen MR) is 89.7 cm³/mol. The molecule has 0 aliphatic heterocycles. The number of furan rings is 1. The van der Waals surface area contributed by atoms with Crippen molar-refractivity contribution in [3.8, 4) is 0 Å². The standard InChI is InChI=1S/C18H20N4O2/c1-12-13(2)24-14(3)17(12)18(23)20-8-15-4-6-16(7-5-15)9-22-11-19-10-21-22/h4-7,10-11H,8-9H2,1-3H3,(H,20,23). The van der Waals surface area contributed by atoms with Crippen LogP contribution in [0.2, 0.25) is 0 Å². The number of carbonyl (C=O) groups is 1. The highest BCUT2D eigenvalue weighted by Crippen LogP contribution is 2.20. The summed E-state index contributed by atoms with van der Waals surface area (Å²) in [7, 11) is 0. The van der Waals surface area contributed by atoms with Gasteiger partial charge in [-0.3, -0.25) is 4.79 Å². The molecule has 0 unspecified atom stereocenters. The predicted octanol–water partition coefficient (Wildman–Crippen LogP) is 2.77. The normalized spacial score (nSPS) is 10.8. The topological polar surface area (TPSA) is 73.0 Å². The third kappa shape index (κ3) is 3.37. The number of rotatable bonds is 5. The van der Waals surface area contributed by atoms with E-state index in [-0.39, 0.29) is 5.91 Å². The van der Waals surface area contributed by atoms with Gasteiger partial charge >= 0.3 is 0 Å². The maximum Gasteiger partial charge on any atom is 0.255 e. The lowest BCUT2D eigenvalue weighted by Crippen LogP contribution is -2.23. The van der Waals surface area contributed by atoms with Crippen molar-refractivity contribution in [1.29, 1.82) is 0 Å². The monoisotopic (exact) mass is 324 g/mol. The highest BCUT2D eigenvalue weighted by molar-refractivity contribution is 5.96. The van der Waals surface area contributed by atoms with Crippen LogP contribution in [0.15, 0.2) is 41.3 Å². The fourth-order valence-electron chi connectivity index (χ4n) is 2.66. The van der Waals surface area contributed by atoms with E-state index in [9.17, 15) is 4.79 Å². The van der Waals surface area contributed by atoms with Crippen LogP contribution in [0, 0.1) is 20.8 Å². The minimum absolute atomic E-state index is 0.103. The molecule has 2 aromatic heterocycles. The minimum Gasteiger partial charge on any atom is -0.466 e. The largest absolute Gasteiger partial charge is 0.466 e. The molecule has 0 aliphatic carbocycles. The van der Waals surface area contributed by atoms with E-state index >= 15 is 0 Å². The highest BCUT2D eigenvalue weighted by atomic mass is 16.3. The Labute approximate surface area is 140 Å². The number of amides is 1. The van der Waals surface area contributed by atoms with Gasteiger partial charge in [0.1, 0.15) is 24.2 Å². The number of carbonyl (C=O) groups excluding carboxylic acids is 1. The first-order valence-electron chi connectivity index (χ1n) is 7.79. The molecule has 0 bridgehead atoms. The molecule has 6 nitrogen and oxygen atoms in total. The number of nitrogens with one attached hydrogen (secondary N) is 1. The van der Waals surface area contributed by atoms with Crippen LogP contribution < -0.4 is 5.32 Å². The molecule has 2 heterocycles. The van der Waals surface area contributed by atoms with Gasteiger partial charge in [-0.2, -0.15) is 5.10 Å². The molecule has 0 radical (unpaired) electrons. The maximum absolute atomic E-state index is 12.4. The van der Waals surface area contributed by atoms with Gasteiger partial charge in [0.15, 0.2) is 0 Å². The summed E-state index contributed by atoms with van der Waals surface area (Å²) >= 11 is 0. The minimum atomic E-state index is -0.103. The second kappa shape index (κ2) is 6.70. The number of hydrogen-bond acceptors (Lipinski definition) is 4. The molecule has 1 aromatic carbocycles. The summed E-state index contributed by atoms with van der Waals surface area (Å²) in [5, 5.41) is 7.03. The van der Waals surface area contributed by atoms with Crippen molar-refractivity contribution in [3.05, 3.63) is 70.7 Å². The van der Waals surface area contributed by atoms with E-state index < -0.39 is 0 Å². The van der Waals surface area contributed by atoms with Crippen molar-refractivity contribution in [2.75, 3.05) is 0 Å². The molecular weight excluding hydrogens is 304 g/mol. The molecule has 124 valence electrons. The summed E-state index contributed by atoms with van der Waals surface area (Å²) in [6, 6.07) is 8.07. The summed E-state index contributed by atoms with van der Waals surface area (Å²) in [6.07, 6.45) is 3.21. The zero-order chi connectivity index (χ0) is 17.1. The Morgan fingerprint density at radius 2 is 1.83 bits per heavy atom. The van der Waals surface area contributed by atoms with Gasteiger partial charge in [0, 0.05) is 12.1 Å². The zero-order valence-electron chi connectivity index (χ0n) is 14.0. The van der Waals surface area contributed by atoms with Crippen LogP contribution in [-0.2, 0) is 13.1 Å². The average molecular weight is 324 g/mol. The van der Waals surface area contributed by atoms with E-state index in [1.807, 2.05) is 45.0 Å². The molecule has 3 rings (SSSR count). The van der Waals surface area contributed by atoms with Crippen LogP contribution in [0.25, 0.3) is 0 Å². The fraction of sp³-hybridized carbons (Fsp3) is 0.278. The molecule has 0 saturated carbocycles. The van der Waals surface area contributed by atoms with Crippen LogP contribution in [0.5, 0.6) is 0 Å². The maximum atomic E-state index is 12.4. The van der Waals surface area contributed by atoms with Gasteiger partial charge < -0.3 is 9.73 Å². The first-order chi connectivity index (χ1) is 11.5. The second-order valence-corrected chi connectivity index (χ2v) is 5.81. The quantitative estimate of drug-likeness (QED) is 0.783. The summed E-state index contributed by atoms with van der Waals surface area (Å²) in [5.41, 5.74) is 3.71. The lowest BCUT2D eigenvalue weighted by atomic mass is 10.1. The van der Waals surface area contributed by atoms with Crippen molar-refractivity contribution in [3.63, 3.8) is 0 Å². The molecule has 6 heteroatoms. The molecule has 0 atom stereocenters. The van der Waals surface area contributed by atoms with Crippen molar-refractivity contribution in [2.24, 2.45) is 0 Å². The van der Waals surface area contributed by atoms with E-state index in [2.05, 4.69) is 15.4 Å². The second-order valence-electron chi connectivity index (χ2n) is 5.81. The van der Waals surface area contributed by atoms with Gasteiger partial charge in [0.25, 0.3) is 5.91 Å². The Hall–Kier alpha value is -2.89. The molecular formula is C18H20N4O2. The lowest BCUT2D eigenvalue weighted by Gasteiger charge is -2.07. The van der Waals surface area contributed by atoms with Gasteiger partial charge in [-0.25, -0.2) is 9.67 Å². The Balaban J connectivity index is 1.61. The molecule has 0 fully saturated rings. The van der Waals surface area contributed by atoms with Crippen LogP contribution in [-0.4, -0.2) is 20.7 Å². The Morgan fingerprint density at radius 1 is 1.12 bits per heavy atom. The van der Waals surface area contributed by atoms with Crippen LogP contribution in [0.1, 0.15) is 38.6 Å². The van der Waals surface area contributed by atoms with E-state index in [0.29, 0.717) is 24.4 Å². The number of hydrogen-bond donors (Lipinski definition) is 1. The molecule has 1 amide bonds. The van der Waals surface area contributed by atoms with Crippen LogP contribution in [0.4, 0.5) is 0 Å². The lowest BCUT2D eigenvalue weighted by molar-refractivity contribution is 0.0949. The molecule has 0 saturated heterocycles. The molecule has 1 N–H and O–H groups in total. The highest BCUT2D eigenvalue weighted by Gasteiger charge is 2.18. The van der Waals surface area contributed by atoms with E-state index in [4.69, 9.17) is 4.42 Å². The van der Waals surface area contributed by atoms with Crippen molar-refractivity contribution in [2.45, 2.75) is 33.9 Å². The number of aryl methyl sites for hydroxylation is 2. The molecule has 0 spiro atoms. The third-order valence-corrected chi connectivity index (χ3v) is 4.08. The van der Waals surface area contributed by atoms with Gasteiger partial charge in [0.2, 0.25) is 0 Å². The number of aromatic nitrogens is 3. The van der Waals surface area contributed by atoms with Crippen LogP contribution in [0.3, 0.4) is 0 Å². The number of benzene rings is 1. The van der Waals surface area contributed by atoms with Crippen molar-refractivity contribution < 1.29 is 9.21 Å². The summed E-state index contributed by atoms with van der Waals surface area (Å²) in [6.45, 7) is 6.74. The molecule has 3 aromatic rings. The Bertz CT molecular complexity index is 833. The van der Waals surface area contributed by atoms with Gasteiger partial charge in [-0.05, 0) is 31.9 Å².